The van der Waals surface area contributed by atoms with Gasteiger partial charge in [0.2, 0.25) is 0 Å². The van der Waals surface area contributed by atoms with Crippen LogP contribution in [-0.2, 0) is 6.54 Å². The predicted molar refractivity (Wildman–Crippen MR) is 76.0 cm³/mol. The van der Waals surface area contributed by atoms with E-state index in [-0.39, 0.29) is 6.61 Å². The van der Waals surface area contributed by atoms with Crippen molar-refractivity contribution in [1.82, 2.24) is 5.32 Å². The molecule has 1 aromatic carbocycles. The molecule has 0 spiro atoms. The van der Waals surface area contributed by atoms with Gasteiger partial charge in [-0.3, -0.25) is 0 Å². The smallest absolute Gasteiger partial charge is 0.179 e. The fraction of sp³-hybridized carbons (Fsp3) is 0.571. The molecule has 1 rings (SSSR count). The Bertz CT molecular complexity index is 399. The number of rotatable bonds is 8. The van der Waals surface area contributed by atoms with Crippen molar-refractivity contribution in [3.63, 3.8) is 0 Å². The average molecular weight is 290 g/mol. The Morgan fingerprint density at radius 3 is 2.68 bits per heavy atom. The van der Waals surface area contributed by atoms with Crippen molar-refractivity contribution in [3.8, 4) is 11.5 Å². The van der Waals surface area contributed by atoms with E-state index in [1.165, 1.54) is 0 Å². The number of halogens is 2. The summed E-state index contributed by atoms with van der Waals surface area (Å²) in [7, 11) is 1.54. The SMILES string of the molecule is COc1cc(CNCC(C)C)cc(Cl)c1OCCF. The minimum absolute atomic E-state index is 0.0268. The van der Waals surface area contributed by atoms with Crippen LogP contribution in [0, 0.1) is 5.92 Å². The summed E-state index contributed by atoms with van der Waals surface area (Å²) in [4.78, 5) is 0. The van der Waals surface area contributed by atoms with Gasteiger partial charge in [-0.1, -0.05) is 25.4 Å². The molecule has 0 heterocycles. The highest BCUT2D eigenvalue weighted by atomic mass is 35.5. The molecule has 0 amide bonds. The van der Waals surface area contributed by atoms with Gasteiger partial charge in [0.1, 0.15) is 13.3 Å². The monoisotopic (exact) mass is 289 g/mol. The Morgan fingerprint density at radius 1 is 1.37 bits per heavy atom. The zero-order valence-electron chi connectivity index (χ0n) is 11.6. The van der Waals surface area contributed by atoms with Gasteiger partial charge in [-0.25, -0.2) is 4.39 Å². The second kappa shape index (κ2) is 8.23. The summed E-state index contributed by atoms with van der Waals surface area (Å²) in [6, 6.07) is 3.66. The Morgan fingerprint density at radius 2 is 2.11 bits per heavy atom. The van der Waals surface area contributed by atoms with Gasteiger partial charge >= 0.3 is 0 Å². The highest BCUT2D eigenvalue weighted by Crippen LogP contribution is 2.36. The average Bonchev–Trinajstić information content (AvgIpc) is 2.36. The molecule has 108 valence electrons. The molecule has 1 N–H and O–H groups in total. The van der Waals surface area contributed by atoms with Crippen molar-refractivity contribution >= 4 is 11.6 Å². The molecular formula is C14H21ClFNO2. The summed E-state index contributed by atoms with van der Waals surface area (Å²) in [5, 5.41) is 3.77. The van der Waals surface area contributed by atoms with Crippen LogP contribution in [0.4, 0.5) is 4.39 Å². The standard InChI is InChI=1S/C14H21ClFNO2/c1-10(2)8-17-9-11-6-12(15)14(19-5-4-16)13(7-11)18-3/h6-7,10,17H,4-5,8-9H2,1-3H3. The van der Waals surface area contributed by atoms with Crippen LogP contribution >= 0.6 is 11.6 Å². The predicted octanol–water partition coefficient (Wildman–Crippen LogP) is 3.44. The van der Waals surface area contributed by atoms with Gasteiger partial charge in [0, 0.05) is 6.54 Å². The third-order valence-electron chi connectivity index (χ3n) is 2.49. The number of hydrogen-bond donors (Lipinski definition) is 1. The minimum Gasteiger partial charge on any atom is -0.493 e. The number of benzene rings is 1. The lowest BCUT2D eigenvalue weighted by atomic mass is 10.1. The molecule has 1 aromatic rings. The normalized spacial score (nSPS) is 10.8. The molecule has 0 unspecified atom stereocenters. The van der Waals surface area contributed by atoms with Crippen LogP contribution in [0.15, 0.2) is 12.1 Å². The highest BCUT2D eigenvalue weighted by molar-refractivity contribution is 6.32. The molecule has 0 aliphatic heterocycles. The molecule has 0 saturated carbocycles. The molecule has 5 heteroatoms. The lowest BCUT2D eigenvalue weighted by Crippen LogP contribution is -2.19. The first-order valence-electron chi connectivity index (χ1n) is 6.34. The van der Waals surface area contributed by atoms with E-state index in [1.54, 1.807) is 7.11 Å². The molecule has 0 atom stereocenters. The lowest BCUT2D eigenvalue weighted by molar-refractivity contribution is 0.260. The Kier molecular flexibility index (Phi) is 6.95. The summed E-state index contributed by atoms with van der Waals surface area (Å²) in [5.74, 6) is 1.52. The number of methoxy groups -OCH3 is 1. The van der Waals surface area contributed by atoms with Crippen molar-refractivity contribution < 1.29 is 13.9 Å². The summed E-state index contributed by atoms with van der Waals surface area (Å²) in [6.45, 7) is 5.35. The number of alkyl halides is 1. The molecular weight excluding hydrogens is 269 g/mol. The van der Waals surface area contributed by atoms with E-state index in [4.69, 9.17) is 21.1 Å². The molecule has 3 nitrogen and oxygen atoms in total. The molecule has 0 fully saturated rings. The van der Waals surface area contributed by atoms with Crippen molar-refractivity contribution in [1.29, 1.82) is 0 Å². The van der Waals surface area contributed by atoms with Crippen LogP contribution in [0.3, 0.4) is 0 Å². The Hall–Kier alpha value is -1.00. The molecule has 0 saturated heterocycles. The van der Waals surface area contributed by atoms with Gasteiger partial charge in [0.25, 0.3) is 0 Å². The van der Waals surface area contributed by atoms with Gasteiger partial charge in [-0.15, -0.1) is 0 Å². The van der Waals surface area contributed by atoms with Crippen LogP contribution in [0.25, 0.3) is 0 Å². The van der Waals surface area contributed by atoms with Gasteiger partial charge in [-0.05, 0) is 30.2 Å². The summed E-state index contributed by atoms with van der Waals surface area (Å²) in [5.41, 5.74) is 1.01. The van der Waals surface area contributed by atoms with E-state index in [0.717, 1.165) is 12.1 Å². The third kappa shape index (κ3) is 5.25. The second-order valence-electron chi connectivity index (χ2n) is 4.67. The first-order valence-corrected chi connectivity index (χ1v) is 6.72. The zero-order chi connectivity index (χ0) is 14.3. The van der Waals surface area contributed by atoms with E-state index in [0.29, 0.717) is 29.0 Å². The number of nitrogens with one attached hydrogen (secondary N) is 1. The highest BCUT2D eigenvalue weighted by Gasteiger charge is 2.12. The molecule has 0 aliphatic rings. The van der Waals surface area contributed by atoms with Gasteiger partial charge < -0.3 is 14.8 Å². The number of hydrogen-bond acceptors (Lipinski definition) is 3. The lowest BCUT2D eigenvalue weighted by Gasteiger charge is -2.14. The minimum atomic E-state index is -0.558. The Balaban J connectivity index is 2.77. The molecule has 0 aromatic heterocycles. The Labute approximate surface area is 119 Å². The van der Waals surface area contributed by atoms with Gasteiger partial charge in [-0.2, -0.15) is 0 Å². The van der Waals surface area contributed by atoms with Crippen LogP contribution < -0.4 is 14.8 Å². The quantitative estimate of drug-likeness (QED) is 0.795. The van der Waals surface area contributed by atoms with Gasteiger partial charge in [0.15, 0.2) is 11.5 Å². The first-order chi connectivity index (χ1) is 9.08. The fourth-order valence-electron chi connectivity index (χ4n) is 1.66. The largest absolute Gasteiger partial charge is 0.493 e. The molecule has 19 heavy (non-hydrogen) atoms. The van der Waals surface area contributed by atoms with E-state index in [9.17, 15) is 4.39 Å². The fourth-order valence-corrected chi connectivity index (χ4v) is 1.95. The molecule has 0 radical (unpaired) electrons. The van der Waals surface area contributed by atoms with E-state index in [2.05, 4.69) is 19.2 Å². The first kappa shape index (κ1) is 16.1. The summed E-state index contributed by atoms with van der Waals surface area (Å²) in [6.07, 6.45) is 0. The zero-order valence-corrected chi connectivity index (χ0v) is 12.4. The van der Waals surface area contributed by atoms with Crippen molar-refractivity contribution in [2.75, 3.05) is 26.9 Å². The van der Waals surface area contributed by atoms with Crippen molar-refractivity contribution in [3.05, 3.63) is 22.7 Å². The van der Waals surface area contributed by atoms with Crippen LogP contribution in [0.1, 0.15) is 19.4 Å². The van der Waals surface area contributed by atoms with E-state index >= 15 is 0 Å². The molecule has 0 bridgehead atoms. The van der Waals surface area contributed by atoms with Crippen LogP contribution in [-0.4, -0.2) is 26.9 Å². The topological polar surface area (TPSA) is 30.5 Å². The van der Waals surface area contributed by atoms with Crippen LogP contribution in [0.5, 0.6) is 11.5 Å². The van der Waals surface area contributed by atoms with Crippen molar-refractivity contribution in [2.45, 2.75) is 20.4 Å². The molecule has 0 aliphatic carbocycles. The number of ether oxygens (including phenoxy) is 2. The van der Waals surface area contributed by atoms with E-state index in [1.807, 2.05) is 12.1 Å². The van der Waals surface area contributed by atoms with Crippen LogP contribution in [0.2, 0.25) is 5.02 Å². The van der Waals surface area contributed by atoms with Gasteiger partial charge in [0.05, 0.1) is 12.1 Å². The van der Waals surface area contributed by atoms with Crippen molar-refractivity contribution in [2.24, 2.45) is 5.92 Å². The maximum atomic E-state index is 12.1. The second-order valence-corrected chi connectivity index (χ2v) is 5.08. The summed E-state index contributed by atoms with van der Waals surface area (Å²) >= 11 is 6.14. The summed E-state index contributed by atoms with van der Waals surface area (Å²) < 4.78 is 22.6. The maximum Gasteiger partial charge on any atom is 0.179 e. The van der Waals surface area contributed by atoms with E-state index < -0.39 is 6.67 Å². The third-order valence-corrected chi connectivity index (χ3v) is 2.78. The maximum absolute atomic E-state index is 12.1.